The SMILES string of the molecule is N#Cc1ccc(OCC(=O)N/N=C\c2cccc(OCc3ccccc3)c2)cc1. The third kappa shape index (κ3) is 6.52. The molecule has 3 aromatic carbocycles. The van der Waals surface area contributed by atoms with Gasteiger partial charge in [0.05, 0.1) is 17.8 Å². The average Bonchev–Trinajstić information content (AvgIpc) is 2.78. The van der Waals surface area contributed by atoms with Gasteiger partial charge >= 0.3 is 0 Å². The Kier molecular flexibility index (Phi) is 6.97. The first-order valence-corrected chi connectivity index (χ1v) is 8.94. The molecule has 0 saturated carbocycles. The largest absolute Gasteiger partial charge is 0.489 e. The zero-order chi connectivity index (χ0) is 20.3. The van der Waals surface area contributed by atoms with Crippen LogP contribution < -0.4 is 14.9 Å². The third-order valence-electron chi connectivity index (χ3n) is 3.86. The van der Waals surface area contributed by atoms with Crippen LogP contribution in [0.1, 0.15) is 16.7 Å². The van der Waals surface area contributed by atoms with Crippen molar-refractivity contribution in [3.63, 3.8) is 0 Å². The van der Waals surface area contributed by atoms with Crippen molar-refractivity contribution in [2.75, 3.05) is 6.61 Å². The minimum atomic E-state index is -0.387. The van der Waals surface area contributed by atoms with E-state index in [2.05, 4.69) is 10.5 Å². The van der Waals surface area contributed by atoms with E-state index in [0.717, 1.165) is 11.1 Å². The van der Waals surface area contributed by atoms with Crippen LogP contribution in [-0.4, -0.2) is 18.7 Å². The van der Waals surface area contributed by atoms with Gasteiger partial charge in [-0.15, -0.1) is 0 Å². The summed E-state index contributed by atoms with van der Waals surface area (Å²) in [5.74, 6) is 0.835. The fourth-order valence-corrected chi connectivity index (χ4v) is 2.41. The van der Waals surface area contributed by atoms with Crippen molar-refractivity contribution in [2.24, 2.45) is 5.10 Å². The highest BCUT2D eigenvalue weighted by atomic mass is 16.5. The molecule has 0 radical (unpaired) electrons. The molecular formula is C23H19N3O3. The zero-order valence-corrected chi connectivity index (χ0v) is 15.6. The van der Waals surface area contributed by atoms with Gasteiger partial charge in [-0.3, -0.25) is 4.79 Å². The maximum absolute atomic E-state index is 11.8. The lowest BCUT2D eigenvalue weighted by atomic mass is 10.2. The van der Waals surface area contributed by atoms with E-state index in [4.69, 9.17) is 14.7 Å². The summed E-state index contributed by atoms with van der Waals surface area (Å²) in [6, 6.07) is 25.9. The highest BCUT2D eigenvalue weighted by molar-refractivity contribution is 5.83. The number of amides is 1. The van der Waals surface area contributed by atoms with Gasteiger partial charge < -0.3 is 9.47 Å². The number of ether oxygens (including phenoxy) is 2. The summed E-state index contributed by atoms with van der Waals surface area (Å²) in [7, 11) is 0. The molecule has 0 atom stereocenters. The number of hydrogen-bond donors (Lipinski definition) is 1. The van der Waals surface area contributed by atoms with Gasteiger partial charge in [-0.2, -0.15) is 10.4 Å². The van der Waals surface area contributed by atoms with Crippen LogP contribution >= 0.6 is 0 Å². The molecule has 0 aromatic heterocycles. The number of carbonyl (C=O) groups is 1. The summed E-state index contributed by atoms with van der Waals surface area (Å²) in [4.78, 5) is 11.8. The molecule has 0 bridgehead atoms. The van der Waals surface area contributed by atoms with E-state index in [1.165, 1.54) is 6.21 Å². The summed E-state index contributed by atoms with van der Waals surface area (Å²) in [6.45, 7) is 0.300. The Morgan fingerprint density at radius 2 is 1.76 bits per heavy atom. The van der Waals surface area contributed by atoms with Gasteiger partial charge in [0.25, 0.3) is 5.91 Å². The Labute approximate surface area is 169 Å². The Bertz CT molecular complexity index is 1010. The number of hydrogen-bond acceptors (Lipinski definition) is 5. The molecule has 0 aliphatic rings. The second-order valence-electron chi connectivity index (χ2n) is 6.06. The molecule has 0 fully saturated rings. The maximum atomic E-state index is 11.8. The van der Waals surface area contributed by atoms with Gasteiger partial charge in [-0.05, 0) is 47.5 Å². The minimum absolute atomic E-state index is 0.177. The first-order valence-electron chi connectivity index (χ1n) is 8.94. The van der Waals surface area contributed by atoms with E-state index >= 15 is 0 Å². The second kappa shape index (κ2) is 10.3. The van der Waals surface area contributed by atoms with Crippen molar-refractivity contribution < 1.29 is 14.3 Å². The lowest BCUT2D eigenvalue weighted by Crippen LogP contribution is -2.24. The van der Waals surface area contributed by atoms with Crippen molar-refractivity contribution in [2.45, 2.75) is 6.61 Å². The zero-order valence-electron chi connectivity index (χ0n) is 15.6. The van der Waals surface area contributed by atoms with E-state index < -0.39 is 0 Å². The standard InChI is InChI=1S/C23H19N3O3/c24-14-18-9-11-21(12-10-18)29-17-23(27)26-25-15-20-7-4-8-22(13-20)28-16-19-5-2-1-3-6-19/h1-13,15H,16-17H2,(H,26,27)/b25-15-. The van der Waals surface area contributed by atoms with Crippen molar-refractivity contribution in [1.82, 2.24) is 5.43 Å². The van der Waals surface area contributed by atoms with Crippen LogP contribution in [0, 0.1) is 11.3 Å². The molecule has 0 aliphatic carbocycles. The Morgan fingerprint density at radius 3 is 2.52 bits per heavy atom. The Balaban J connectivity index is 1.45. The van der Waals surface area contributed by atoms with Gasteiger partial charge in [0.1, 0.15) is 18.1 Å². The number of rotatable bonds is 8. The van der Waals surface area contributed by atoms with Crippen LogP contribution in [0.2, 0.25) is 0 Å². The predicted octanol–water partition coefficient (Wildman–Crippen LogP) is 3.67. The first-order chi connectivity index (χ1) is 14.2. The van der Waals surface area contributed by atoms with Crippen LogP contribution in [-0.2, 0) is 11.4 Å². The molecule has 1 amide bonds. The molecule has 1 N–H and O–H groups in total. The minimum Gasteiger partial charge on any atom is -0.489 e. The number of hydrazone groups is 1. The molecule has 0 aliphatic heterocycles. The van der Waals surface area contributed by atoms with Gasteiger partial charge in [0.15, 0.2) is 6.61 Å². The van der Waals surface area contributed by atoms with Gasteiger partial charge in [0.2, 0.25) is 0 Å². The molecule has 6 nitrogen and oxygen atoms in total. The summed E-state index contributed by atoms with van der Waals surface area (Å²) >= 11 is 0. The monoisotopic (exact) mass is 385 g/mol. The third-order valence-corrected chi connectivity index (χ3v) is 3.86. The van der Waals surface area contributed by atoms with E-state index in [1.54, 1.807) is 24.3 Å². The highest BCUT2D eigenvalue weighted by Gasteiger charge is 2.02. The quantitative estimate of drug-likeness (QED) is 0.474. The van der Waals surface area contributed by atoms with E-state index in [0.29, 0.717) is 23.7 Å². The van der Waals surface area contributed by atoms with Crippen LogP contribution in [0.15, 0.2) is 84.0 Å². The van der Waals surface area contributed by atoms with Crippen LogP contribution in [0.4, 0.5) is 0 Å². The summed E-state index contributed by atoms with van der Waals surface area (Å²) in [5, 5.41) is 12.7. The van der Waals surface area contributed by atoms with E-state index in [1.807, 2.05) is 60.7 Å². The van der Waals surface area contributed by atoms with E-state index in [9.17, 15) is 4.79 Å². The molecule has 6 heteroatoms. The number of nitriles is 1. The van der Waals surface area contributed by atoms with Gasteiger partial charge in [-0.25, -0.2) is 5.43 Å². The fraction of sp³-hybridized carbons (Fsp3) is 0.0870. The molecule has 0 unspecified atom stereocenters. The van der Waals surface area contributed by atoms with Crippen molar-refractivity contribution in [1.29, 1.82) is 5.26 Å². The Morgan fingerprint density at radius 1 is 0.966 bits per heavy atom. The van der Waals surface area contributed by atoms with Gasteiger partial charge in [-0.1, -0.05) is 42.5 Å². The first kappa shape index (κ1) is 19.6. The number of nitrogens with one attached hydrogen (secondary N) is 1. The number of carbonyl (C=O) groups excluding carboxylic acids is 1. The molecule has 0 spiro atoms. The Hall–Kier alpha value is -4.11. The number of nitrogens with zero attached hydrogens (tertiary/aromatic N) is 2. The summed E-state index contributed by atoms with van der Waals surface area (Å²) < 4.78 is 11.1. The lowest BCUT2D eigenvalue weighted by Gasteiger charge is -2.07. The molecule has 29 heavy (non-hydrogen) atoms. The summed E-state index contributed by atoms with van der Waals surface area (Å²) in [5.41, 5.74) is 4.82. The average molecular weight is 385 g/mol. The van der Waals surface area contributed by atoms with Crippen LogP contribution in [0.5, 0.6) is 11.5 Å². The van der Waals surface area contributed by atoms with Crippen LogP contribution in [0.3, 0.4) is 0 Å². The normalized spacial score (nSPS) is 10.3. The maximum Gasteiger partial charge on any atom is 0.277 e. The lowest BCUT2D eigenvalue weighted by molar-refractivity contribution is -0.123. The molecule has 0 heterocycles. The second-order valence-corrected chi connectivity index (χ2v) is 6.06. The number of benzene rings is 3. The van der Waals surface area contributed by atoms with Crippen LogP contribution in [0.25, 0.3) is 0 Å². The van der Waals surface area contributed by atoms with E-state index in [-0.39, 0.29) is 12.5 Å². The molecule has 3 rings (SSSR count). The van der Waals surface area contributed by atoms with Crippen molar-refractivity contribution in [3.05, 3.63) is 95.6 Å². The fourth-order valence-electron chi connectivity index (χ4n) is 2.41. The highest BCUT2D eigenvalue weighted by Crippen LogP contribution is 2.14. The topological polar surface area (TPSA) is 83.7 Å². The molecule has 144 valence electrons. The van der Waals surface area contributed by atoms with Gasteiger partial charge in [0, 0.05) is 0 Å². The molecular weight excluding hydrogens is 366 g/mol. The smallest absolute Gasteiger partial charge is 0.277 e. The molecule has 0 saturated heterocycles. The molecule has 3 aromatic rings. The van der Waals surface area contributed by atoms with Crippen molar-refractivity contribution >= 4 is 12.1 Å². The summed E-state index contributed by atoms with van der Waals surface area (Å²) in [6.07, 6.45) is 1.54. The van der Waals surface area contributed by atoms with Crippen molar-refractivity contribution in [3.8, 4) is 17.6 Å². The predicted molar refractivity (Wildman–Crippen MR) is 110 cm³/mol.